The Morgan fingerprint density at radius 3 is 2.00 bits per heavy atom. The van der Waals surface area contributed by atoms with Crippen molar-refractivity contribution in [1.82, 2.24) is 0 Å². The Morgan fingerprint density at radius 1 is 0.812 bits per heavy atom. The van der Waals surface area contributed by atoms with Crippen LogP contribution < -0.4 is 0 Å². The lowest BCUT2D eigenvalue weighted by Crippen LogP contribution is -2.46. The average Bonchev–Trinajstić information content (AvgIpc) is 2.83. The van der Waals surface area contributed by atoms with Gasteiger partial charge in [-0.2, -0.15) is 0 Å². The predicted octanol–water partition coefficient (Wildman–Crippen LogP) is 5.35. The predicted molar refractivity (Wildman–Crippen MR) is 128 cm³/mol. The Balaban J connectivity index is 1.56. The zero-order valence-electron chi connectivity index (χ0n) is 19.4. The summed E-state index contributed by atoms with van der Waals surface area (Å²) in [5.41, 5.74) is 2.26. The molecule has 0 heterocycles. The molecule has 1 aliphatic carbocycles. The topological polar surface area (TPSA) is 57.2 Å². The molecular weight excluding hydrogens is 420 g/mol. The van der Waals surface area contributed by atoms with Crippen molar-refractivity contribution in [2.45, 2.75) is 71.0 Å². The summed E-state index contributed by atoms with van der Waals surface area (Å²) in [5.74, 6) is 0.465. The molecule has 176 valence electrons. The summed E-state index contributed by atoms with van der Waals surface area (Å²) in [7, 11) is -2.78. The number of benzene rings is 2. The quantitative estimate of drug-likeness (QED) is 0.410. The van der Waals surface area contributed by atoms with E-state index < -0.39 is 14.9 Å². The second-order valence-corrected chi connectivity index (χ2v) is 11.2. The summed E-state index contributed by atoms with van der Waals surface area (Å²) in [6.07, 6.45) is 3.05. The van der Waals surface area contributed by atoms with Crippen molar-refractivity contribution in [2.75, 3.05) is 13.2 Å². The summed E-state index contributed by atoms with van der Waals surface area (Å²) in [5, 5.41) is 10.5. The maximum Gasteiger partial charge on any atom is 0.501 e. The van der Waals surface area contributed by atoms with Crippen molar-refractivity contribution in [1.29, 1.82) is 0 Å². The van der Waals surface area contributed by atoms with E-state index in [1.807, 2.05) is 50.2 Å². The van der Waals surface area contributed by atoms with Gasteiger partial charge in [-0.1, -0.05) is 60.7 Å². The molecule has 0 bridgehead atoms. The highest BCUT2D eigenvalue weighted by molar-refractivity contribution is 6.60. The van der Waals surface area contributed by atoms with E-state index in [1.54, 1.807) is 0 Å². The minimum Gasteiger partial charge on any atom is -0.390 e. The molecule has 0 radical (unpaired) electrons. The molecule has 0 aromatic heterocycles. The van der Waals surface area contributed by atoms with Gasteiger partial charge in [-0.3, -0.25) is 0 Å². The third kappa shape index (κ3) is 7.80. The van der Waals surface area contributed by atoms with Crippen LogP contribution in [0.2, 0.25) is 6.04 Å². The molecule has 1 fully saturated rings. The number of hydrogen-bond donors (Lipinski definition) is 1. The highest BCUT2D eigenvalue weighted by Gasteiger charge is 2.42. The van der Waals surface area contributed by atoms with E-state index in [0.717, 1.165) is 42.9 Å². The maximum absolute atomic E-state index is 10.5. The van der Waals surface area contributed by atoms with Crippen LogP contribution in [0.25, 0.3) is 0 Å². The largest absolute Gasteiger partial charge is 0.501 e. The van der Waals surface area contributed by atoms with Crippen molar-refractivity contribution in [3.8, 4) is 0 Å². The van der Waals surface area contributed by atoms with Crippen LogP contribution in [-0.4, -0.2) is 39.3 Å². The molecule has 1 N–H and O–H groups in total. The summed E-state index contributed by atoms with van der Waals surface area (Å²) >= 11 is 0. The Bertz CT molecular complexity index is 751. The van der Waals surface area contributed by atoms with Crippen molar-refractivity contribution < 1.29 is 23.1 Å². The Kier molecular flexibility index (Phi) is 10.4. The zero-order chi connectivity index (χ0) is 22.7. The minimum absolute atomic E-state index is 0.130. The Hall–Kier alpha value is -1.54. The van der Waals surface area contributed by atoms with Gasteiger partial charge in [-0.05, 0) is 56.6 Å². The van der Waals surface area contributed by atoms with Crippen LogP contribution in [0.15, 0.2) is 60.7 Å². The summed E-state index contributed by atoms with van der Waals surface area (Å²) in [6.45, 7) is 6.18. The molecule has 1 saturated carbocycles. The standard InChI is InChI=1S/C26H38O5Si/c1-3-29-32(30-4-2,31-21-24-13-9-6-10-14-24)18-17-22-15-16-25(27)26(19-22)28-20-23-11-7-5-8-12-23/h5-14,22,25-27H,3-4,15-21H2,1-2H3. The van der Waals surface area contributed by atoms with Crippen LogP contribution in [0.5, 0.6) is 0 Å². The van der Waals surface area contributed by atoms with Crippen LogP contribution in [0.1, 0.15) is 50.7 Å². The molecule has 3 unspecified atom stereocenters. The van der Waals surface area contributed by atoms with E-state index in [4.69, 9.17) is 18.0 Å². The molecular formula is C26H38O5Si. The molecule has 3 rings (SSSR count). The fraction of sp³-hybridized carbons (Fsp3) is 0.538. The molecule has 0 amide bonds. The van der Waals surface area contributed by atoms with Crippen LogP contribution in [0, 0.1) is 5.92 Å². The van der Waals surface area contributed by atoms with Crippen molar-refractivity contribution >= 4 is 8.80 Å². The SMILES string of the molecule is CCO[Si](CCC1CCC(O)C(OCc2ccccc2)C1)(OCC)OCc1ccccc1. The second kappa shape index (κ2) is 13.2. The van der Waals surface area contributed by atoms with E-state index in [1.165, 1.54) is 0 Å². The van der Waals surface area contributed by atoms with Gasteiger partial charge in [0.05, 0.1) is 25.4 Å². The Morgan fingerprint density at radius 2 is 1.41 bits per heavy atom. The lowest BCUT2D eigenvalue weighted by atomic mass is 9.84. The zero-order valence-corrected chi connectivity index (χ0v) is 20.4. The van der Waals surface area contributed by atoms with E-state index in [2.05, 4.69) is 24.3 Å². The van der Waals surface area contributed by atoms with E-state index >= 15 is 0 Å². The minimum atomic E-state index is -2.78. The second-order valence-electron chi connectivity index (χ2n) is 8.44. The first kappa shape index (κ1) is 25.1. The van der Waals surface area contributed by atoms with E-state index in [9.17, 15) is 5.11 Å². The molecule has 6 heteroatoms. The number of aliphatic hydroxyl groups is 1. The van der Waals surface area contributed by atoms with Gasteiger partial charge >= 0.3 is 8.80 Å². The van der Waals surface area contributed by atoms with Gasteiger partial charge in [0, 0.05) is 19.3 Å². The number of aliphatic hydroxyl groups excluding tert-OH is 1. The summed E-state index contributed by atoms with van der Waals surface area (Å²) in [6, 6.07) is 21.1. The van der Waals surface area contributed by atoms with Gasteiger partial charge in [0.2, 0.25) is 0 Å². The van der Waals surface area contributed by atoms with E-state index in [0.29, 0.717) is 32.3 Å². The highest BCUT2D eigenvalue weighted by atomic mass is 28.4. The van der Waals surface area contributed by atoms with Crippen LogP contribution >= 0.6 is 0 Å². The average molecular weight is 459 g/mol. The molecule has 1 aliphatic rings. The lowest BCUT2D eigenvalue weighted by Gasteiger charge is -2.35. The van der Waals surface area contributed by atoms with Gasteiger partial charge < -0.3 is 23.1 Å². The molecule has 0 spiro atoms. The van der Waals surface area contributed by atoms with Crippen LogP contribution in [0.4, 0.5) is 0 Å². The highest BCUT2D eigenvalue weighted by Crippen LogP contribution is 2.33. The van der Waals surface area contributed by atoms with Gasteiger partial charge in [-0.25, -0.2) is 0 Å². The van der Waals surface area contributed by atoms with Crippen molar-refractivity contribution in [3.05, 3.63) is 71.8 Å². The van der Waals surface area contributed by atoms with Crippen LogP contribution in [0.3, 0.4) is 0 Å². The van der Waals surface area contributed by atoms with Gasteiger partial charge in [0.25, 0.3) is 0 Å². The summed E-state index contributed by atoms with van der Waals surface area (Å²) in [4.78, 5) is 0. The van der Waals surface area contributed by atoms with E-state index in [-0.39, 0.29) is 6.10 Å². The first-order chi connectivity index (χ1) is 15.6. The fourth-order valence-corrected chi connectivity index (χ4v) is 7.06. The number of rotatable bonds is 13. The van der Waals surface area contributed by atoms with Crippen LogP contribution in [-0.2, 0) is 31.2 Å². The Labute approximate surface area is 194 Å². The normalized spacial score (nSPS) is 21.5. The fourth-order valence-electron chi connectivity index (χ4n) is 4.34. The maximum atomic E-state index is 10.5. The molecule has 0 aliphatic heterocycles. The van der Waals surface area contributed by atoms with Crippen molar-refractivity contribution in [3.63, 3.8) is 0 Å². The first-order valence-electron chi connectivity index (χ1n) is 11.9. The first-order valence-corrected chi connectivity index (χ1v) is 13.9. The van der Waals surface area contributed by atoms with Crippen molar-refractivity contribution in [2.24, 2.45) is 5.92 Å². The molecule has 2 aromatic rings. The molecule has 2 aromatic carbocycles. The van der Waals surface area contributed by atoms with Gasteiger partial charge in [0.15, 0.2) is 0 Å². The third-order valence-corrected chi connectivity index (χ3v) is 9.00. The molecule has 3 atom stereocenters. The molecule has 5 nitrogen and oxygen atoms in total. The molecule has 32 heavy (non-hydrogen) atoms. The number of hydrogen-bond acceptors (Lipinski definition) is 5. The third-order valence-electron chi connectivity index (χ3n) is 6.06. The lowest BCUT2D eigenvalue weighted by molar-refractivity contribution is -0.0792. The van der Waals surface area contributed by atoms with Gasteiger partial charge in [-0.15, -0.1) is 0 Å². The smallest absolute Gasteiger partial charge is 0.390 e. The summed E-state index contributed by atoms with van der Waals surface area (Å²) < 4.78 is 24.8. The molecule has 0 saturated heterocycles. The van der Waals surface area contributed by atoms with Gasteiger partial charge in [0.1, 0.15) is 0 Å². The monoisotopic (exact) mass is 458 g/mol. The number of ether oxygens (including phenoxy) is 1.